The van der Waals surface area contributed by atoms with Crippen LogP contribution in [0.1, 0.15) is 31.4 Å². The van der Waals surface area contributed by atoms with E-state index >= 15 is 0 Å². The third-order valence-electron chi connectivity index (χ3n) is 4.70. The zero-order valence-electron chi connectivity index (χ0n) is 10.8. The molecule has 0 aliphatic heterocycles. The molecule has 0 heterocycles. The van der Waals surface area contributed by atoms with Crippen molar-refractivity contribution in [3.8, 4) is 5.75 Å². The van der Waals surface area contributed by atoms with Crippen molar-refractivity contribution >= 4 is 5.97 Å². The molecule has 3 rings (SSSR count). The number of phenols is 1. The molecule has 3 atom stereocenters. The fraction of sp³-hybridized carbons (Fsp3) is 0.533. The highest BCUT2D eigenvalue weighted by atomic mass is 16.5. The van der Waals surface area contributed by atoms with Crippen LogP contribution in [0.15, 0.2) is 18.2 Å². The van der Waals surface area contributed by atoms with Gasteiger partial charge in [-0.1, -0.05) is 13.0 Å². The second-order valence-electron chi connectivity index (χ2n) is 5.40. The zero-order chi connectivity index (χ0) is 12.9. The minimum atomic E-state index is -0.0822. The van der Waals surface area contributed by atoms with Crippen molar-refractivity contribution in [1.29, 1.82) is 0 Å². The molecule has 0 saturated heterocycles. The Morgan fingerprint density at radius 3 is 3.06 bits per heavy atom. The maximum Gasteiger partial charge on any atom is 0.310 e. The Bertz CT molecular complexity index is 508. The van der Waals surface area contributed by atoms with Crippen LogP contribution in [0.4, 0.5) is 0 Å². The van der Waals surface area contributed by atoms with E-state index in [9.17, 15) is 9.90 Å². The van der Waals surface area contributed by atoms with E-state index < -0.39 is 0 Å². The maximum atomic E-state index is 12.0. The molecule has 0 amide bonds. The summed E-state index contributed by atoms with van der Waals surface area (Å²) in [7, 11) is 0. The summed E-state index contributed by atoms with van der Waals surface area (Å²) in [6, 6.07) is 5.54. The van der Waals surface area contributed by atoms with E-state index in [0.717, 1.165) is 18.4 Å². The van der Waals surface area contributed by atoms with Gasteiger partial charge in [0.05, 0.1) is 12.5 Å². The van der Waals surface area contributed by atoms with Crippen LogP contribution in [0.25, 0.3) is 0 Å². The minimum Gasteiger partial charge on any atom is -0.508 e. The molecule has 2 aliphatic carbocycles. The number of rotatable bonds is 2. The Morgan fingerprint density at radius 2 is 2.33 bits per heavy atom. The van der Waals surface area contributed by atoms with Crippen molar-refractivity contribution in [2.24, 2.45) is 11.8 Å². The van der Waals surface area contributed by atoms with Crippen LogP contribution in [-0.2, 0) is 21.4 Å². The minimum absolute atomic E-state index is 0.0273. The number of hydrogen-bond acceptors (Lipinski definition) is 3. The number of carbonyl (C=O) groups excluding carboxylic acids is 1. The van der Waals surface area contributed by atoms with Gasteiger partial charge in [-0.15, -0.1) is 0 Å². The molecule has 96 valence electrons. The first-order valence-electron chi connectivity index (χ1n) is 6.60. The summed E-state index contributed by atoms with van der Waals surface area (Å²) in [6.07, 6.45) is 1.99. The van der Waals surface area contributed by atoms with Gasteiger partial charge >= 0.3 is 5.97 Å². The molecular weight excluding hydrogens is 228 g/mol. The lowest BCUT2D eigenvalue weighted by atomic mass is 9.93. The van der Waals surface area contributed by atoms with Gasteiger partial charge in [-0.25, -0.2) is 0 Å². The number of ether oxygens (including phenoxy) is 1. The first-order valence-corrected chi connectivity index (χ1v) is 6.60. The molecule has 1 saturated carbocycles. The van der Waals surface area contributed by atoms with Crippen LogP contribution >= 0.6 is 0 Å². The van der Waals surface area contributed by atoms with Crippen LogP contribution in [0.3, 0.4) is 0 Å². The van der Waals surface area contributed by atoms with Gasteiger partial charge in [-0.05, 0) is 48.9 Å². The van der Waals surface area contributed by atoms with E-state index in [1.54, 1.807) is 6.07 Å². The average Bonchev–Trinajstić information content (AvgIpc) is 2.75. The number of carbonyl (C=O) groups is 1. The van der Waals surface area contributed by atoms with Crippen molar-refractivity contribution in [1.82, 2.24) is 0 Å². The monoisotopic (exact) mass is 246 g/mol. The highest BCUT2D eigenvalue weighted by molar-refractivity contribution is 5.81. The number of aromatic hydroxyl groups is 1. The largest absolute Gasteiger partial charge is 0.508 e. The molecule has 0 bridgehead atoms. The number of phenolic OH excluding ortho intramolecular Hbond substituents is 1. The standard InChI is InChI=1S/C15H18O3/c1-3-18-14(17)13-9(2)15(13)7-6-10-4-5-11(16)8-12(10)15/h4-5,8-9,13,16H,3,6-7H2,1-2H3/t9-,13-,15-/m0/s1. The lowest BCUT2D eigenvalue weighted by molar-refractivity contribution is -0.145. The summed E-state index contributed by atoms with van der Waals surface area (Å²) in [5.74, 6) is 0.498. The Balaban J connectivity index is 1.96. The van der Waals surface area contributed by atoms with Gasteiger partial charge in [-0.3, -0.25) is 4.79 Å². The summed E-state index contributed by atoms with van der Waals surface area (Å²) in [5.41, 5.74) is 2.36. The predicted octanol–water partition coefficient (Wildman–Crippen LogP) is 2.41. The molecule has 0 unspecified atom stereocenters. The average molecular weight is 246 g/mol. The second-order valence-corrected chi connectivity index (χ2v) is 5.40. The Morgan fingerprint density at radius 1 is 1.56 bits per heavy atom. The van der Waals surface area contributed by atoms with E-state index in [-0.39, 0.29) is 23.1 Å². The second kappa shape index (κ2) is 3.74. The molecule has 3 nitrogen and oxygen atoms in total. The number of benzene rings is 1. The molecule has 0 radical (unpaired) electrons. The molecule has 1 fully saturated rings. The SMILES string of the molecule is CCOC(=O)[C@@H]1[C@H](C)[C@]12CCc1ccc(O)cc12. The normalized spacial score (nSPS) is 32.3. The zero-order valence-corrected chi connectivity index (χ0v) is 10.8. The first kappa shape index (κ1) is 11.6. The fourth-order valence-corrected chi connectivity index (χ4v) is 3.76. The Kier molecular flexibility index (Phi) is 2.40. The third kappa shape index (κ3) is 1.33. The lowest BCUT2D eigenvalue weighted by Gasteiger charge is -2.11. The number of hydrogen-bond donors (Lipinski definition) is 1. The van der Waals surface area contributed by atoms with Gasteiger partial charge in [0.15, 0.2) is 0 Å². The van der Waals surface area contributed by atoms with Crippen LogP contribution in [-0.4, -0.2) is 17.7 Å². The van der Waals surface area contributed by atoms with Gasteiger partial charge in [0, 0.05) is 5.41 Å². The number of esters is 1. The number of fused-ring (bicyclic) bond motifs is 2. The van der Waals surface area contributed by atoms with Crippen molar-refractivity contribution in [3.63, 3.8) is 0 Å². The topological polar surface area (TPSA) is 46.5 Å². The molecular formula is C15H18O3. The van der Waals surface area contributed by atoms with Gasteiger partial charge in [-0.2, -0.15) is 0 Å². The highest BCUT2D eigenvalue weighted by Gasteiger charge is 2.68. The lowest BCUT2D eigenvalue weighted by Crippen LogP contribution is -2.15. The number of aryl methyl sites for hydroxylation is 1. The molecule has 1 spiro atoms. The van der Waals surface area contributed by atoms with Crippen molar-refractivity contribution in [3.05, 3.63) is 29.3 Å². The van der Waals surface area contributed by atoms with Crippen LogP contribution in [0.5, 0.6) is 5.75 Å². The summed E-state index contributed by atoms with van der Waals surface area (Å²) in [5, 5.41) is 9.65. The van der Waals surface area contributed by atoms with Crippen molar-refractivity contribution < 1.29 is 14.6 Å². The van der Waals surface area contributed by atoms with Crippen molar-refractivity contribution in [2.75, 3.05) is 6.61 Å². The third-order valence-corrected chi connectivity index (χ3v) is 4.70. The van der Waals surface area contributed by atoms with Gasteiger partial charge < -0.3 is 9.84 Å². The highest BCUT2D eigenvalue weighted by Crippen LogP contribution is 2.66. The first-order chi connectivity index (χ1) is 8.61. The maximum absolute atomic E-state index is 12.0. The smallest absolute Gasteiger partial charge is 0.310 e. The molecule has 2 aliphatic rings. The molecule has 1 aromatic rings. The van der Waals surface area contributed by atoms with E-state index in [0.29, 0.717) is 12.5 Å². The summed E-state index contributed by atoms with van der Waals surface area (Å²) < 4.78 is 5.17. The molecule has 18 heavy (non-hydrogen) atoms. The van der Waals surface area contributed by atoms with Crippen molar-refractivity contribution in [2.45, 2.75) is 32.1 Å². The predicted molar refractivity (Wildman–Crippen MR) is 67.4 cm³/mol. The van der Waals surface area contributed by atoms with Crippen LogP contribution in [0, 0.1) is 11.8 Å². The quantitative estimate of drug-likeness (QED) is 0.815. The Labute approximate surface area is 107 Å². The molecule has 3 heteroatoms. The van der Waals surface area contributed by atoms with Crippen LogP contribution < -0.4 is 0 Å². The van der Waals surface area contributed by atoms with E-state index in [1.165, 1.54) is 5.56 Å². The van der Waals surface area contributed by atoms with Gasteiger partial charge in [0.1, 0.15) is 5.75 Å². The molecule has 0 aromatic heterocycles. The molecule has 1 aromatic carbocycles. The Hall–Kier alpha value is -1.51. The van der Waals surface area contributed by atoms with E-state index in [2.05, 4.69) is 6.92 Å². The van der Waals surface area contributed by atoms with Gasteiger partial charge in [0.2, 0.25) is 0 Å². The fourth-order valence-electron chi connectivity index (χ4n) is 3.76. The summed E-state index contributed by atoms with van der Waals surface area (Å²) in [4.78, 5) is 12.0. The van der Waals surface area contributed by atoms with E-state index in [1.807, 2.05) is 19.1 Å². The summed E-state index contributed by atoms with van der Waals surface area (Å²) in [6.45, 7) is 4.39. The summed E-state index contributed by atoms with van der Waals surface area (Å²) >= 11 is 0. The molecule has 1 N–H and O–H groups in total. The van der Waals surface area contributed by atoms with Crippen LogP contribution in [0.2, 0.25) is 0 Å². The van der Waals surface area contributed by atoms with Gasteiger partial charge in [0.25, 0.3) is 0 Å². The van der Waals surface area contributed by atoms with E-state index in [4.69, 9.17) is 4.74 Å².